The molecule has 0 aliphatic heterocycles. The molecule has 6 nitrogen and oxygen atoms in total. The summed E-state index contributed by atoms with van der Waals surface area (Å²) in [6.07, 6.45) is 3.23. The number of benzene rings is 1. The molecule has 0 saturated heterocycles. The van der Waals surface area contributed by atoms with Gasteiger partial charge in [-0.3, -0.25) is 14.5 Å². The molecule has 7 heteroatoms. The summed E-state index contributed by atoms with van der Waals surface area (Å²) >= 11 is 5.91. The van der Waals surface area contributed by atoms with E-state index < -0.39 is 11.6 Å². The van der Waals surface area contributed by atoms with Gasteiger partial charge in [-0.25, -0.2) is 0 Å². The van der Waals surface area contributed by atoms with Crippen molar-refractivity contribution < 1.29 is 9.59 Å². The van der Waals surface area contributed by atoms with Gasteiger partial charge in [0, 0.05) is 12.1 Å². The molecule has 1 aromatic rings. The lowest BCUT2D eigenvalue weighted by Crippen LogP contribution is -2.50. The first-order valence-electron chi connectivity index (χ1n) is 8.30. The lowest BCUT2D eigenvalue weighted by atomic mass is 10.00. The highest BCUT2D eigenvalue weighted by Crippen LogP contribution is 2.29. The maximum atomic E-state index is 12.4. The van der Waals surface area contributed by atoms with Gasteiger partial charge in [0.25, 0.3) is 0 Å². The minimum atomic E-state index is -0.763. The summed E-state index contributed by atoms with van der Waals surface area (Å²) in [7, 11) is 3.27. The number of likely N-dealkylation sites (N-methyl/N-ethyl adjacent to an activating group) is 2. The zero-order valence-electron chi connectivity index (χ0n) is 14.5. The highest BCUT2D eigenvalue weighted by Gasteiger charge is 2.36. The van der Waals surface area contributed by atoms with Gasteiger partial charge in [0.1, 0.15) is 11.6 Å². The smallest absolute Gasteiger partial charge is 0.241 e. The molecular formula is C18H23ClN4O2. The Hall–Kier alpha value is -2.10. The van der Waals surface area contributed by atoms with Gasteiger partial charge in [0.05, 0.1) is 12.6 Å². The van der Waals surface area contributed by atoms with Crippen LogP contribution in [0.15, 0.2) is 24.3 Å². The second-order valence-corrected chi connectivity index (χ2v) is 6.87. The quantitative estimate of drug-likeness (QED) is 0.810. The Kier molecular flexibility index (Phi) is 6.40. The van der Waals surface area contributed by atoms with Crippen LogP contribution in [-0.4, -0.2) is 42.9 Å². The van der Waals surface area contributed by atoms with Gasteiger partial charge >= 0.3 is 0 Å². The van der Waals surface area contributed by atoms with Gasteiger partial charge in [-0.1, -0.05) is 23.7 Å². The third kappa shape index (κ3) is 4.71. The maximum absolute atomic E-state index is 12.4. The van der Waals surface area contributed by atoms with Crippen molar-refractivity contribution in [3.05, 3.63) is 34.9 Å². The van der Waals surface area contributed by atoms with E-state index in [0.717, 1.165) is 18.4 Å². The van der Waals surface area contributed by atoms with Crippen molar-refractivity contribution in [2.45, 2.75) is 37.3 Å². The average Bonchev–Trinajstić information content (AvgIpc) is 3.05. The highest BCUT2D eigenvalue weighted by molar-refractivity contribution is 6.30. The standard InChI is InChI=1S/C18H23ClN4O2/c1-21-17(25)16(13-5-7-14(19)8-6-13)23(2)11-15(24)22-18(12-20)9-3-4-10-18/h5-8,16H,3-4,9-11H2,1-2H3,(H,21,25)(H,22,24)/t16-/m1/s1. The molecule has 2 rings (SSSR count). The summed E-state index contributed by atoms with van der Waals surface area (Å²) < 4.78 is 0. The summed E-state index contributed by atoms with van der Waals surface area (Å²) in [5.74, 6) is -0.470. The number of carbonyl (C=O) groups excluding carboxylic acids is 2. The van der Waals surface area contributed by atoms with Crippen molar-refractivity contribution in [3.63, 3.8) is 0 Å². The Morgan fingerprint density at radius 2 is 1.92 bits per heavy atom. The van der Waals surface area contributed by atoms with Crippen molar-refractivity contribution in [2.24, 2.45) is 0 Å². The number of carbonyl (C=O) groups is 2. The van der Waals surface area contributed by atoms with Crippen LogP contribution in [0.5, 0.6) is 0 Å². The van der Waals surface area contributed by atoms with Crippen LogP contribution >= 0.6 is 11.6 Å². The average molecular weight is 363 g/mol. The molecule has 1 atom stereocenters. The van der Waals surface area contributed by atoms with E-state index in [-0.39, 0.29) is 18.4 Å². The van der Waals surface area contributed by atoms with Gasteiger partial charge in [-0.2, -0.15) is 5.26 Å². The van der Waals surface area contributed by atoms with Crippen LogP contribution in [0.4, 0.5) is 0 Å². The van der Waals surface area contributed by atoms with Gasteiger partial charge in [0.15, 0.2) is 0 Å². The summed E-state index contributed by atoms with van der Waals surface area (Å²) in [6, 6.07) is 8.58. The van der Waals surface area contributed by atoms with Crippen LogP contribution in [0.25, 0.3) is 0 Å². The fourth-order valence-corrected chi connectivity index (χ4v) is 3.38. The third-order valence-electron chi connectivity index (χ3n) is 4.56. The maximum Gasteiger partial charge on any atom is 0.241 e. The summed E-state index contributed by atoms with van der Waals surface area (Å²) in [6.45, 7) is 0.0180. The molecule has 0 unspecified atom stereocenters. The summed E-state index contributed by atoms with van der Waals surface area (Å²) in [5, 5.41) is 15.4. The van der Waals surface area contributed by atoms with Crippen molar-refractivity contribution >= 4 is 23.4 Å². The van der Waals surface area contributed by atoms with E-state index in [0.29, 0.717) is 17.9 Å². The summed E-state index contributed by atoms with van der Waals surface area (Å²) in [5.41, 5.74) is -0.0179. The van der Waals surface area contributed by atoms with E-state index in [1.807, 2.05) is 0 Å². The molecule has 0 aromatic heterocycles. The Bertz CT molecular complexity index is 663. The number of rotatable bonds is 6. The molecule has 1 fully saturated rings. The first kappa shape index (κ1) is 19.2. The molecule has 1 aliphatic rings. The molecule has 2 amide bonds. The van der Waals surface area contributed by atoms with Crippen LogP contribution in [0.3, 0.4) is 0 Å². The number of nitriles is 1. The lowest BCUT2D eigenvalue weighted by Gasteiger charge is -2.28. The van der Waals surface area contributed by atoms with Crippen LogP contribution in [0, 0.1) is 11.3 Å². The topological polar surface area (TPSA) is 85.2 Å². The lowest BCUT2D eigenvalue weighted by molar-refractivity contribution is -0.128. The van der Waals surface area contributed by atoms with Crippen molar-refractivity contribution in [1.82, 2.24) is 15.5 Å². The van der Waals surface area contributed by atoms with E-state index in [1.165, 1.54) is 0 Å². The minimum absolute atomic E-state index is 0.0180. The normalized spacial score (nSPS) is 16.9. The van der Waals surface area contributed by atoms with Crippen LogP contribution in [0.2, 0.25) is 5.02 Å². The second-order valence-electron chi connectivity index (χ2n) is 6.43. The number of hydrogen-bond donors (Lipinski definition) is 2. The molecule has 2 N–H and O–H groups in total. The SMILES string of the molecule is CNC(=O)[C@@H](c1ccc(Cl)cc1)N(C)CC(=O)NC1(C#N)CCCC1. The number of amides is 2. The third-order valence-corrected chi connectivity index (χ3v) is 4.82. The van der Waals surface area contributed by atoms with Gasteiger partial charge in [0.2, 0.25) is 11.8 Å². The summed E-state index contributed by atoms with van der Waals surface area (Å²) in [4.78, 5) is 26.4. The molecule has 0 radical (unpaired) electrons. The second kappa shape index (κ2) is 8.32. The Morgan fingerprint density at radius 3 is 2.44 bits per heavy atom. The van der Waals surface area contributed by atoms with E-state index >= 15 is 0 Å². The molecule has 1 saturated carbocycles. The Morgan fingerprint density at radius 1 is 1.32 bits per heavy atom. The van der Waals surface area contributed by atoms with Crippen LogP contribution < -0.4 is 10.6 Å². The van der Waals surface area contributed by atoms with E-state index in [4.69, 9.17) is 11.6 Å². The molecule has 1 aliphatic carbocycles. The first-order chi connectivity index (χ1) is 11.9. The molecular weight excluding hydrogens is 340 g/mol. The number of hydrogen-bond acceptors (Lipinski definition) is 4. The van der Waals surface area contributed by atoms with E-state index in [2.05, 4.69) is 16.7 Å². The molecule has 0 spiro atoms. The largest absolute Gasteiger partial charge is 0.358 e. The van der Waals surface area contributed by atoms with E-state index in [9.17, 15) is 14.9 Å². The van der Waals surface area contributed by atoms with E-state index in [1.54, 1.807) is 43.3 Å². The van der Waals surface area contributed by atoms with Crippen molar-refractivity contribution in [1.29, 1.82) is 5.26 Å². The Balaban J connectivity index is 2.10. The molecule has 0 heterocycles. The monoisotopic (exact) mass is 362 g/mol. The first-order valence-corrected chi connectivity index (χ1v) is 8.68. The highest BCUT2D eigenvalue weighted by atomic mass is 35.5. The fourth-order valence-electron chi connectivity index (χ4n) is 3.26. The van der Waals surface area contributed by atoms with Crippen molar-refractivity contribution in [2.75, 3.05) is 20.6 Å². The molecule has 1 aromatic carbocycles. The Labute approximate surface area is 153 Å². The minimum Gasteiger partial charge on any atom is -0.358 e. The number of halogens is 1. The number of nitrogens with zero attached hydrogens (tertiary/aromatic N) is 2. The number of nitrogens with one attached hydrogen (secondary N) is 2. The van der Waals surface area contributed by atoms with Gasteiger partial charge in [-0.05, 0) is 50.4 Å². The predicted molar refractivity (Wildman–Crippen MR) is 95.8 cm³/mol. The fraction of sp³-hybridized carbons (Fsp3) is 0.500. The van der Waals surface area contributed by atoms with Gasteiger partial charge in [-0.15, -0.1) is 0 Å². The van der Waals surface area contributed by atoms with Crippen LogP contribution in [0.1, 0.15) is 37.3 Å². The zero-order chi connectivity index (χ0) is 18.4. The van der Waals surface area contributed by atoms with Crippen molar-refractivity contribution in [3.8, 4) is 6.07 Å². The predicted octanol–water partition coefficient (Wildman–Crippen LogP) is 2.01. The molecule has 25 heavy (non-hydrogen) atoms. The molecule has 0 bridgehead atoms. The van der Waals surface area contributed by atoms with Crippen LogP contribution in [-0.2, 0) is 9.59 Å². The molecule has 134 valence electrons. The zero-order valence-corrected chi connectivity index (χ0v) is 15.3. The van der Waals surface area contributed by atoms with Gasteiger partial charge < -0.3 is 10.6 Å².